The Bertz CT molecular complexity index is 1390. The molecular weight excluding hydrogens is 431 g/mol. The Morgan fingerprint density at radius 2 is 1.73 bits per heavy atom. The fourth-order valence-electron chi connectivity index (χ4n) is 4.29. The molecule has 5 heteroatoms. The summed E-state index contributed by atoms with van der Waals surface area (Å²) in [7, 11) is 0. The maximum atomic E-state index is 4.96. The molecule has 6 rings (SSSR count). The van der Waals surface area contributed by atoms with Crippen LogP contribution in [-0.2, 0) is 0 Å². The number of hydrogen-bond donors (Lipinski definition) is 0. The predicted octanol–water partition coefficient (Wildman–Crippen LogP) is 4.83. The molecule has 1 saturated carbocycles. The summed E-state index contributed by atoms with van der Waals surface area (Å²) in [6.45, 7) is 0. The molecule has 0 amide bonds. The van der Waals surface area contributed by atoms with Crippen LogP contribution >= 0.6 is 0 Å². The molecule has 3 heterocycles. The van der Waals surface area contributed by atoms with Crippen LogP contribution in [0, 0.1) is 0 Å². The van der Waals surface area contributed by atoms with E-state index in [0.717, 1.165) is 43.2 Å². The average molecular weight is 450 g/mol. The van der Waals surface area contributed by atoms with E-state index in [4.69, 9.17) is 4.98 Å². The van der Waals surface area contributed by atoms with Crippen LogP contribution < -0.4 is 4.48 Å². The molecule has 3 aromatic heterocycles. The molecule has 5 aromatic rings. The van der Waals surface area contributed by atoms with Crippen molar-refractivity contribution < 1.29 is 0 Å². The molecule has 0 aliphatic heterocycles. The Hall–Kier alpha value is -2.97. The van der Waals surface area contributed by atoms with Gasteiger partial charge in [0.25, 0.3) is 0 Å². The Morgan fingerprint density at radius 1 is 0.900 bits per heavy atom. The van der Waals surface area contributed by atoms with E-state index in [2.05, 4.69) is 80.0 Å². The third-order valence-electron chi connectivity index (χ3n) is 6.13. The van der Waals surface area contributed by atoms with Crippen LogP contribution in [0.1, 0.15) is 25.3 Å². The number of benzene rings is 2. The van der Waals surface area contributed by atoms with Crippen molar-refractivity contribution in [2.75, 3.05) is 0 Å². The average Bonchev–Trinajstić information content (AvgIpc) is 3.13. The van der Waals surface area contributed by atoms with Crippen LogP contribution in [0.2, 0.25) is 0 Å². The van der Waals surface area contributed by atoms with Crippen molar-refractivity contribution >= 4 is 43.3 Å². The quantitative estimate of drug-likeness (QED) is 0.370. The summed E-state index contributed by atoms with van der Waals surface area (Å²) < 4.78 is 3.32. The van der Waals surface area contributed by atoms with Crippen molar-refractivity contribution in [1.82, 2.24) is 19.5 Å². The van der Waals surface area contributed by atoms with E-state index in [1.54, 1.807) is 6.33 Å². The molecule has 0 unspecified atom stereocenters. The molecule has 1 fully saturated rings. The zero-order valence-corrected chi connectivity index (χ0v) is 18.2. The van der Waals surface area contributed by atoms with Crippen LogP contribution in [0.15, 0.2) is 73.2 Å². The first-order valence-electron chi connectivity index (χ1n) is 10.3. The van der Waals surface area contributed by atoms with Gasteiger partial charge in [-0.05, 0) is 0 Å². The molecule has 0 saturated heterocycles. The van der Waals surface area contributed by atoms with E-state index in [1.165, 1.54) is 24.8 Å². The second-order valence-corrected chi connectivity index (χ2v) is 8.79. The summed E-state index contributed by atoms with van der Waals surface area (Å²) in [5, 5.41) is 2.27. The van der Waals surface area contributed by atoms with Crippen LogP contribution in [0.4, 0.5) is 0 Å². The fraction of sp³-hybridized carbons (Fsp3) is 0.160. The number of aromatic nitrogens is 4. The minimum absolute atomic E-state index is 0.548. The second kappa shape index (κ2) is 7.07. The Kier molecular flexibility index (Phi) is 4.21. The summed E-state index contributed by atoms with van der Waals surface area (Å²) in [6.07, 6.45) is 7.68. The van der Waals surface area contributed by atoms with Gasteiger partial charge in [-0.25, -0.2) is 0 Å². The van der Waals surface area contributed by atoms with Gasteiger partial charge >= 0.3 is 184 Å². The fourth-order valence-corrected chi connectivity index (χ4v) is 4.86. The number of fused-ring (bicyclic) bond motifs is 2. The maximum absolute atomic E-state index is 4.96. The molecule has 0 spiro atoms. The van der Waals surface area contributed by atoms with Gasteiger partial charge < -0.3 is 0 Å². The molecule has 0 bridgehead atoms. The Balaban J connectivity index is 1.53. The van der Waals surface area contributed by atoms with Gasteiger partial charge in [0.05, 0.1) is 0 Å². The first-order valence-corrected chi connectivity index (χ1v) is 11.2. The van der Waals surface area contributed by atoms with Crippen molar-refractivity contribution in [1.29, 1.82) is 0 Å². The molecule has 30 heavy (non-hydrogen) atoms. The van der Waals surface area contributed by atoms with E-state index in [9.17, 15) is 0 Å². The Labute approximate surface area is 183 Å². The molecule has 0 N–H and O–H groups in total. The van der Waals surface area contributed by atoms with Gasteiger partial charge in [-0.2, -0.15) is 0 Å². The van der Waals surface area contributed by atoms with Crippen molar-refractivity contribution in [2.24, 2.45) is 0 Å². The van der Waals surface area contributed by atoms with Crippen molar-refractivity contribution in [3.63, 3.8) is 0 Å². The molecule has 2 aromatic carbocycles. The first kappa shape index (κ1) is 17.9. The second-order valence-electron chi connectivity index (χ2n) is 7.90. The topological polar surface area (TPSA) is 43.6 Å². The van der Waals surface area contributed by atoms with Gasteiger partial charge in [-0.1, -0.05) is 0 Å². The SMILES string of the molecule is [As]c1ncnc2c1c(-c1ccc3ccc(-c4ccccc4)nc3c1)cn2C1CCC1. The number of pyridine rings is 1. The summed E-state index contributed by atoms with van der Waals surface area (Å²) in [4.78, 5) is 14.1. The van der Waals surface area contributed by atoms with E-state index < -0.39 is 0 Å². The Morgan fingerprint density at radius 3 is 2.53 bits per heavy atom. The van der Waals surface area contributed by atoms with E-state index in [-0.39, 0.29) is 0 Å². The number of rotatable bonds is 3. The normalized spacial score (nSPS) is 14.3. The van der Waals surface area contributed by atoms with Crippen molar-refractivity contribution in [3.8, 4) is 22.4 Å². The number of hydrogen-bond acceptors (Lipinski definition) is 3. The van der Waals surface area contributed by atoms with Gasteiger partial charge in [0, 0.05) is 0 Å². The molecular formula is C25H19AsN4. The van der Waals surface area contributed by atoms with Crippen LogP contribution in [0.25, 0.3) is 44.3 Å². The summed E-state index contributed by atoms with van der Waals surface area (Å²) >= 11 is 2.60. The first-order chi connectivity index (χ1) is 14.8. The summed E-state index contributed by atoms with van der Waals surface area (Å²) in [5.74, 6) is 0. The molecule has 0 atom stereocenters. The standard InChI is InChI=1S/C25H19AsN4/c26-24-23-20(14-30(19-7-4-8-19)25(23)28-15-27-24)18-10-9-17-11-12-21(29-22(17)13-18)16-5-2-1-3-6-16/h1-3,5-6,9-15,19H,4,7-8H2. The van der Waals surface area contributed by atoms with Gasteiger partial charge in [-0.15, -0.1) is 0 Å². The zero-order chi connectivity index (χ0) is 20.1. The molecule has 1 aliphatic carbocycles. The number of nitrogens with zero attached hydrogens (tertiary/aromatic N) is 4. The van der Waals surface area contributed by atoms with E-state index >= 15 is 0 Å². The van der Waals surface area contributed by atoms with Gasteiger partial charge in [0.1, 0.15) is 0 Å². The van der Waals surface area contributed by atoms with Gasteiger partial charge in [0.15, 0.2) is 0 Å². The summed E-state index contributed by atoms with van der Waals surface area (Å²) in [5.41, 5.74) is 6.50. The molecule has 1 aliphatic rings. The van der Waals surface area contributed by atoms with Gasteiger partial charge in [-0.3, -0.25) is 0 Å². The predicted molar refractivity (Wildman–Crippen MR) is 122 cm³/mol. The molecule has 2 radical (unpaired) electrons. The zero-order valence-electron chi connectivity index (χ0n) is 16.4. The molecule has 144 valence electrons. The van der Waals surface area contributed by atoms with Crippen LogP contribution in [0.3, 0.4) is 0 Å². The van der Waals surface area contributed by atoms with Crippen LogP contribution in [-0.4, -0.2) is 36.4 Å². The van der Waals surface area contributed by atoms with Crippen LogP contribution in [0.5, 0.6) is 0 Å². The van der Waals surface area contributed by atoms with E-state index in [1.807, 2.05) is 18.2 Å². The monoisotopic (exact) mass is 450 g/mol. The van der Waals surface area contributed by atoms with E-state index in [0.29, 0.717) is 6.04 Å². The third kappa shape index (κ3) is 2.86. The third-order valence-corrected chi connectivity index (χ3v) is 6.84. The van der Waals surface area contributed by atoms with Crippen molar-refractivity contribution in [3.05, 3.63) is 73.2 Å². The molecule has 4 nitrogen and oxygen atoms in total. The van der Waals surface area contributed by atoms with Crippen molar-refractivity contribution in [2.45, 2.75) is 25.3 Å². The summed E-state index contributed by atoms with van der Waals surface area (Å²) in [6, 6.07) is 21.7. The van der Waals surface area contributed by atoms with Gasteiger partial charge in [0.2, 0.25) is 0 Å². The minimum atomic E-state index is 0.548.